The quantitative estimate of drug-likeness (QED) is 0.436. The molecule has 0 aromatic carbocycles. The number of allylic oxidation sites excluding steroid dienone is 2. The van der Waals surface area contributed by atoms with Gasteiger partial charge < -0.3 is 0 Å². The number of rotatable bonds is 4. The number of nitroso groups, excluding NO2 is 1. The Hall–Kier alpha value is -1.25. The highest BCUT2D eigenvalue weighted by Crippen LogP contribution is 2.02. The van der Waals surface area contributed by atoms with Gasteiger partial charge in [-0.05, 0) is 11.6 Å². The molecule has 0 rings (SSSR count). The molecule has 0 aliphatic carbocycles. The number of nitrogens with zero attached hydrogens (tertiary/aromatic N) is 1. The predicted octanol–water partition coefficient (Wildman–Crippen LogP) is 2.35. The van der Waals surface area contributed by atoms with Crippen molar-refractivity contribution in [1.82, 2.24) is 0 Å². The maximum atomic E-state index is 12.0. The van der Waals surface area contributed by atoms with Crippen molar-refractivity contribution >= 4 is 0 Å². The molecule has 3 heteroatoms. The summed E-state index contributed by atoms with van der Waals surface area (Å²) in [6.07, 6.45) is 2.49. The summed E-state index contributed by atoms with van der Waals surface area (Å²) < 4.78 is 12.0. The lowest BCUT2D eigenvalue weighted by molar-refractivity contribution is 0.669. The third-order valence-corrected chi connectivity index (χ3v) is 0.851. The highest BCUT2D eigenvalue weighted by atomic mass is 19.1. The van der Waals surface area contributed by atoms with Gasteiger partial charge in [-0.1, -0.05) is 24.4 Å². The first-order valence-corrected chi connectivity index (χ1v) is 2.67. The number of hydrogen-bond donors (Lipinski definition) is 0. The van der Waals surface area contributed by atoms with E-state index in [0.717, 1.165) is 6.08 Å². The highest BCUT2D eigenvalue weighted by Gasteiger charge is 1.90. The Bertz CT molecular complexity index is 184. The van der Waals surface area contributed by atoms with E-state index in [1.807, 2.05) is 0 Å². The molecule has 0 amide bonds. The lowest BCUT2D eigenvalue weighted by atomic mass is 10.2. The van der Waals surface area contributed by atoms with Crippen LogP contribution in [0.15, 0.2) is 41.9 Å². The SMILES string of the molecule is C=C/C(=C\C(=C)F)CN=O. The van der Waals surface area contributed by atoms with Crippen molar-refractivity contribution in [2.75, 3.05) is 6.54 Å². The molecule has 54 valence electrons. The average Bonchev–Trinajstić information content (AvgIpc) is 1.86. The fraction of sp³-hybridized carbons (Fsp3) is 0.143. The maximum Gasteiger partial charge on any atom is 0.116 e. The minimum absolute atomic E-state index is 0.0631. The molecule has 0 unspecified atom stereocenters. The summed E-state index contributed by atoms with van der Waals surface area (Å²) >= 11 is 0. The van der Waals surface area contributed by atoms with Crippen molar-refractivity contribution in [1.29, 1.82) is 0 Å². The standard InChI is InChI=1S/C7H8FNO/c1-3-7(5-9-10)4-6(2)8/h3-4H,1-2,5H2/b7-4+. The molecule has 0 fully saturated rings. The van der Waals surface area contributed by atoms with Gasteiger partial charge in [0.05, 0.1) is 0 Å². The van der Waals surface area contributed by atoms with Crippen molar-refractivity contribution in [3.8, 4) is 0 Å². The summed E-state index contributed by atoms with van der Waals surface area (Å²) in [5, 5.41) is 2.56. The molecule has 0 radical (unpaired) electrons. The van der Waals surface area contributed by atoms with Crippen LogP contribution in [-0.4, -0.2) is 6.54 Å². The molecule has 0 aromatic heterocycles. The molecule has 0 aliphatic rings. The van der Waals surface area contributed by atoms with Gasteiger partial charge in [0.1, 0.15) is 12.4 Å². The lowest BCUT2D eigenvalue weighted by Crippen LogP contribution is -1.82. The van der Waals surface area contributed by atoms with Gasteiger partial charge in [-0.15, -0.1) is 0 Å². The first-order valence-electron chi connectivity index (χ1n) is 2.67. The molecule has 0 atom stereocenters. The van der Waals surface area contributed by atoms with E-state index in [1.54, 1.807) is 0 Å². The zero-order valence-electron chi connectivity index (χ0n) is 5.51. The Labute approximate surface area is 58.7 Å². The van der Waals surface area contributed by atoms with E-state index in [0.29, 0.717) is 5.57 Å². The number of hydrogen-bond acceptors (Lipinski definition) is 2. The molecule has 0 N–H and O–H groups in total. The average molecular weight is 141 g/mol. The zero-order valence-corrected chi connectivity index (χ0v) is 5.51. The van der Waals surface area contributed by atoms with Crippen LogP contribution in [0.1, 0.15) is 0 Å². The second kappa shape index (κ2) is 4.61. The molecule has 2 nitrogen and oxygen atoms in total. The van der Waals surface area contributed by atoms with Gasteiger partial charge in [-0.3, -0.25) is 0 Å². The monoisotopic (exact) mass is 141 g/mol. The van der Waals surface area contributed by atoms with Gasteiger partial charge in [0, 0.05) is 0 Å². The zero-order chi connectivity index (χ0) is 7.98. The van der Waals surface area contributed by atoms with Crippen LogP contribution < -0.4 is 0 Å². The highest BCUT2D eigenvalue weighted by molar-refractivity contribution is 5.25. The van der Waals surface area contributed by atoms with Crippen molar-refractivity contribution < 1.29 is 4.39 Å². The number of halogens is 1. The van der Waals surface area contributed by atoms with Crippen LogP contribution in [0.2, 0.25) is 0 Å². The van der Waals surface area contributed by atoms with Crippen LogP contribution >= 0.6 is 0 Å². The van der Waals surface area contributed by atoms with Gasteiger partial charge in [0.25, 0.3) is 0 Å². The van der Waals surface area contributed by atoms with Gasteiger partial charge in [0.2, 0.25) is 0 Å². The summed E-state index contributed by atoms with van der Waals surface area (Å²) in [4.78, 5) is 9.66. The molecule has 0 bridgehead atoms. The Balaban J connectivity index is 4.16. The first kappa shape index (κ1) is 8.75. The van der Waals surface area contributed by atoms with Gasteiger partial charge in [-0.2, -0.15) is 4.91 Å². The van der Waals surface area contributed by atoms with Gasteiger partial charge in [0.15, 0.2) is 0 Å². The van der Waals surface area contributed by atoms with E-state index in [2.05, 4.69) is 18.3 Å². The Morgan fingerprint density at radius 2 is 2.30 bits per heavy atom. The molecule has 0 heterocycles. The molecule has 0 spiro atoms. The minimum Gasteiger partial charge on any atom is -0.208 e. The van der Waals surface area contributed by atoms with Crippen molar-refractivity contribution in [2.45, 2.75) is 0 Å². The Morgan fingerprint density at radius 1 is 1.70 bits per heavy atom. The maximum absolute atomic E-state index is 12.0. The topological polar surface area (TPSA) is 29.4 Å². The normalized spacial score (nSPS) is 10.7. The van der Waals surface area contributed by atoms with E-state index < -0.39 is 5.83 Å². The van der Waals surface area contributed by atoms with Gasteiger partial charge >= 0.3 is 0 Å². The second-order valence-corrected chi connectivity index (χ2v) is 1.66. The minimum atomic E-state index is -0.599. The molecule has 10 heavy (non-hydrogen) atoms. The van der Waals surface area contributed by atoms with Crippen LogP contribution in [0.25, 0.3) is 0 Å². The van der Waals surface area contributed by atoms with Crippen molar-refractivity contribution in [2.24, 2.45) is 5.18 Å². The van der Waals surface area contributed by atoms with Crippen LogP contribution in [0.5, 0.6) is 0 Å². The van der Waals surface area contributed by atoms with E-state index in [9.17, 15) is 9.30 Å². The third-order valence-electron chi connectivity index (χ3n) is 0.851. The summed E-state index contributed by atoms with van der Waals surface area (Å²) in [6.45, 7) is 6.29. The second-order valence-electron chi connectivity index (χ2n) is 1.66. The summed E-state index contributed by atoms with van der Waals surface area (Å²) in [5.74, 6) is -0.599. The molecule has 0 saturated carbocycles. The Morgan fingerprint density at radius 3 is 2.60 bits per heavy atom. The largest absolute Gasteiger partial charge is 0.208 e. The molecule has 0 aromatic rings. The smallest absolute Gasteiger partial charge is 0.116 e. The summed E-state index contributed by atoms with van der Waals surface area (Å²) in [6, 6.07) is 0. The van der Waals surface area contributed by atoms with Crippen LogP contribution in [-0.2, 0) is 0 Å². The summed E-state index contributed by atoms with van der Waals surface area (Å²) in [7, 11) is 0. The Kier molecular flexibility index (Phi) is 4.04. The first-order chi connectivity index (χ1) is 4.70. The molecular formula is C7H8FNO. The van der Waals surface area contributed by atoms with Crippen LogP contribution in [0.3, 0.4) is 0 Å². The van der Waals surface area contributed by atoms with E-state index >= 15 is 0 Å². The van der Waals surface area contributed by atoms with E-state index in [-0.39, 0.29) is 6.54 Å². The van der Waals surface area contributed by atoms with Gasteiger partial charge in [-0.25, -0.2) is 4.39 Å². The van der Waals surface area contributed by atoms with Crippen LogP contribution in [0.4, 0.5) is 4.39 Å². The third kappa shape index (κ3) is 3.72. The lowest BCUT2D eigenvalue weighted by Gasteiger charge is -1.90. The van der Waals surface area contributed by atoms with E-state index in [1.165, 1.54) is 6.08 Å². The predicted molar refractivity (Wildman–Crippen MR) is 39.2 cm³/mol. The van der Waals surface area contributed by atoms with E-state index in [4.69, 9.17) is 0 Å². The molecule has 0 saturated heterocycles. The summed E-state index contributed by atoms with van der Waals surface area (Å²) in [5.41, 5.74) is 0.433. The van der Waals surface area contributed by atoms with Crippen LogP contribution in [0, 0.1) is 4.91 Å². The van der Waals surface area contributed by atoms with Crippen molar-refractivity contribution in [3.63, 3.8) is 0 Å². The molecule has 0 aliphatic heterocycles. The fourth-order valence-electron chi connectivity index (χ4n) is 0.445. The van der Waals surface area contributed by atoms with Crippen molar-refractivity contribution in [3.05, 3.63) is 41.6 Å². The molecular weight excluding hydrogens is 133 g/mol. The fourth-order valence-corrected chi connectivity index (χ4v) is 0.445.